The number of methoxy groups -OCH3 is 1. The molecule has 2 heterocycles. The molecule has 5 unspecified atom stereocenters. The van der Waals surface area contributed by atoms with Crippen LogP contribution in [0.5, 0.6) is 34.5 Å². The van der Waals surface area contributed by atoms with Gasteiger partial charge in [-0.15, -0.1) is 0 Å². The molecule has 14 nitrogen and oxygen atoms in total. The normalized spacial score (nSPS) is 23.9. The van der Waals surface area contributed by atoms with Gasteiger partial charge in [-0.25, -0.2) is 4.79 Å². The largest absolute Gasteiger partial charge is 0.504 e. The van der Waals surface area contributed by atoms with Crippen molar-refractivity contribution in [2.45, 2.75) is 30.7 Å². The fraction of sp³-hybridized carbons (Fsp3) is 0.273. The van der Waals surface area contributed by atoms with Crippen LogP contribution in [0.4, 0.5) is 0 Å². The van der Waals surface area contributed by atoms with E-state index in [1.165, 1.54) is 25.3 Å². The molecule has 36 heavy (non-hydrogen) atoms. The summed E-state index contributed by atoms with van der Waals surface area (Å²) in [5.74, 6) is -5.88. The van der Waals surface area contributed by atoms with Crippen molar-refractivity contribution >= 4 is 16.9 Å². The zero-order valence-corrected chi connectivity index (χ0v) is 18.2. The minimum Gasteiger partial charge on any atom is -0.504 e. The molecule has 1 aliphatic heterocycles. The maximum Gasteiger partial charge on any atom is 0.335 e. The third kappa shape index (κ3) is 3.97. The van der Waals surface area contributed by atoms with Crippen LogP contribution in [0.25, 0.3) is 22.3 Å². The second-order valence-electron chi connectivity index (χ2n) is 7.79. The van der Waals surface area contributed by atoms with Crippen LogP contribution in [0.3, 0.4) is 0 Å². The first-order valence-corrected chi connectivity index (χ1v) is 10.2. The fourth-order valence-electron chi connectivity index (χ4n) is 3.68. The summed E-state index contributed by atoms with van der Waals surface area (Å²) in [6.45, 7) is 0. The van der Waals surface area contributed by atoms with Crippen LogP contribution < -0.4 is 14.9 Å². The third-order valence-corrected chi connectivity index (χ3v) is 5.57. The molecule has 8 N–H and O–H groups in total. The van der Waals surface area contributed by atoms with Gasteiger partial charge in [0.25, 0.3) is 0 Å². The summed E-state index contributed by atoms with van der Waals surface area (Å²) >= 11 is 0. The Bertz CT molecular complexity index is 1400. The van der Waals surface area contributed by atoms with Crippen LogP contribution in [0.1, 0.15) is 0 Å². The Labute approximate surface area is 200 Å². The molecule has 0 bridgehead atoms. The molecule has 1 saturated heterocycles. The van der Waals surface area contributed by atoms with E-state index in [0.717, 1.165) is 6.07 Å². The topological polar surface area (TPSA) is 237 Å². The first-order valence-electron chi connectivity index (χ1n) is 10.2. The van der Waals surface area contributed by atoms with Gasteiger partial charge in [-0.3, -0.25) is 4.79 Å². The molecule has 0 saturated carbocycles. The lowest BCUT2D eigenvalue weighted by atomic mass is 9.99. The molecule has 4 rings (SSSR count). The summed E-state index contributed by atoms with van der Waals surface area (Å²) in [4.78, 5) is 23.9. The lowest BCUT2D eigenvalue weighted by Crippen LogP contribution is -2.61. The number of hydrogen-bond donors (Lipinski definition) is 8. The Hall–Kier alpha value is -4.24. The van der Waals surface area contributed by atoms with Gasteiger partial charge in [0, 0.05) is 11.6 Å². The number of phenols is 3. The molecular formula is C22H20O14. The van der Waals surface area contributed by atoms with E-state index in [-0.39, 0.29) is 22.6 Å². The van der Waals surface area contributed by atoms with E-state index in [0.29, 0.717) is 0 Å². The monoisotopic (exact) mass is 508 g/mol. The van der Waals surface area contributed by atoms with E-state index in [2.05, 4.69) is 0 Å². The van der Waals surface area contributed by atoms with E-state index in [4.69, 9.17) is 18.6 Å². The number of carboxylic acid groups (broad SMARTS) is 1. The summed E-state index contributed by atoms with van der Waals surface area (Å²) < 4.78 is 21.2. The number of phenolic OH excluding ortho intramolecular Hbond substituents is 3. The van der Waals surface area contributed by atoms with E-state index in [1.54, 1.807) is 0 Å². The van der Waals surface area contributed by atoms with Crippen LogP contribution in [0.15, 0.2) is 33.5 Å². The fourth-order valence-corrected chi connectivity index (χ4v) is 3.68. The number of carbonyl (C=O) groups is 1. The average Bonchev–Trinajstić information content (AvgIpc) is 2.84. The summed E-state index contributed by atoms with van der Waals surface area (Å²) in [6.07, 6.45) is -9.27. The first-order chi connectivity index (χ1) is 17.0. The second-order valence-corrected chi connectivity index (χ2v) is 7.79. The highest BCUT2D eigenvalue weighted by Gasteiger charge is 2.48. The maximum atomic E-state index is 12.6. The molecule has 0 aliphatic carbocycles. The van der Waals surface area contributed by atoms with Crippen LogP contribution in [-0.2, 0) is 9.53 Å². The van der Waals surface area contributed by atoms with Crippen molar-refractivity contribution in [1.29, 1.82) is 0 Å². The highest BCUT2D eigenvalue weighted by molar-refractivity contribution is 5.91. The standard InChI is InChI=1S/C22H20O14/c1-33-9-4-6(19-16(28)14(26)11-10(34-19)5-7(23)12(24)13(11)25)2-3-8(9)35-22-18(30)15(27)17(29)20(36-22)21(31)32/h2-5,15,17-18,20,22-25,27-30H,1H3,(H,31,32). The van der Waals surface area contributed by atoms with Gasteiger partial charge in [0.15, 0.2) is 34.9 Å². The second kappa shape index (κ2) is 9.09. The summed E-state index contributed by atoms with van der Waals surface area (Å²) in [5.41, 5.74) is -1.41. The maximum absolute atomic E-state index is 12.6. The van der Waals surface area contributed by atoms with E-state index < -0.39 is 76.2 Å². The molecule has 192 valence electrons. The van der Waals surface area contributed by atoms with Gasteiger partial charge in [-0.05, 0) is 18.2 Å². The van der Waals surface area contributed by atoms with Crippen molar-refractivity contribution in [2.75, 3.05) is 7.11 Å². The predicted octanol–water partition coefficient (Wildman–Crippen LogP) is -0.438. The zero-order chi connectivity index (χ0) is 26.5. The number of aliphatic carboxylic acids is 1. The lowest BCUT2D eigenvalue weighted by molar-refractivity contribution is -0.271. The smallest absolute Gasteiger partial charge is 0.335 e. The van der Waals surface area contributed by atoms with Crippen molar-refractivity contribution in [3.63, 3.8) is 0 Å². The molecule has 5 atom stereocenters. The minimum atomic E-state index is -1.92. The van der Waals surface area contributed by atoms with Crippen LogP contribution >= 0.6 is 0 Å². The highest BCUT2D eigenvalue weighted by Crippen LogP contribution is 2.43. The number of carboxylic acids is 1. The average molecular weight is 508 g/mol. The van der Waals surface area contributed by atoms with Gasteiger partial charge in [0.05, 0.1) is 7.11 Å². The molecule has 0 spiro atoms. The number of aliphatic hydroxyl groups is 3. The summed E-state index contributed by atoms with van der Waals surface area (Å²) in [5, 5.41) is 78.3. The number of benzene rings is 2. The molecule has 0 radical (unpaired) electrons. The number of hydrogen-bond acceptors (Lipinski definition) is 13. The SMILES string of the molecule is COc1cc(-c2oc3cc(O)c(O)c(O)c3c(=O)c2O)ccc1OC1OC(C(=O)O)C(O)C(O)C1O. The Balaban J connectivity index is 1.73. The van der Waals surface area contributed by atoms with Crippen LogP contribution in [0, 0.1) is 0 Å². The zero-order valence-electron chi connectivity index (χ0n) is 18.2. The predicted molar refractivity (Wildman–Crippen MR) is 116 cm³/mol. The van der Waals surface area contributed by atoms with Crippen molar-refractivity contribution in [3.05, 3.63) is 34.5 Å². The molecule has 1 fully saturated rings. The van der Waals surface area contributed by atoms with Gasteiger partial charge in [-0.1, -0.05) is 0 Å². The van der Waals surface area contributed by atoms with Crippen molar-refractivity contribution in [2.24, 2.45) is 0 Å². The van der Waals surface area contributed by atoms with Gasteiger partial charge in [0.1, 0.15) is 29.3 Å². The lowest BCUT2D eigenvalue weighted by Gasteiger charge is -2.38. The minimum absolute atomic E-state index is 0.0479. The molecule has 1 aromatic heterocycles. The van der Waals surface area contributed by atoms with E-state index in [1.807, 2.05) is 0 Å². The van der Waals surface area contributed by atoms with Crippen molar-refractivity contribution in [1.82, 2.24) is 0 Å². The Kier molecular flexibility index (Phi) is 6.28. The Morgan fingerprint density at radius 3 is 2.25 bits per heavy atom. The quantitative estimate of drug-likeness (QED) is 0.204. The third-order valence-electron chi connectivity index (χ3n) is 5.57. The Morgan fingerprint density at radius 1 is 0.917 bits per heavy atom. The number of rotatable bonds is 5. The molecule has 0 amide bonds. The summed E-state index contributed by atoms with van der Waals surface area (Å²) in [7, 11) is 1.22. The molecule has 3 aromatic rings. The van der Waals surface area contributed by atoms with E-state index in [9.17, 15) is 50.4 Å². The van der Waals surface area contributed by atoms with Gasteiger partial charge in [0.2, 0.25) is 23.2 Å². The Morgan fingerprint density at radius 2 is 1.61 bits per heavy atom. The van der Waals surface area contributed by atoms with Crippen molar-refractivity contribution < 1.29 is 64.3 Å². The summed E-state index contributed by atoms with van der Waals surface area (Å²) in [6, 6.07) is 4.60. The number of aromatic hydroxyl groups is 4. The van der Waals surface area contributed by atoms with Crippen LogP contribution in [-0.4, -0.2) is 84.6 Å². The van der Waals surface area contributed by atoms with Crippen LogP contribution in [0.2, 0.25) is 0 Å². The van der Waals surface area contributed by atoms with Crippen molar-refractivity contribution in [3.8, 4) is 45.8 Å². The number of ether oxygens (including phenoxy) is 3. The molecule has 2 aromatic carbocycles. The highest BCUT2D eigenvalue weighted by atomic mass is 16.7. The van der Waals surface area contributed by atoms with Gasteiger partial charge >= 0.3 is 5.97 Å². The molecular weight excluding hydrogens is 488 g/mol. The molecule has 14 heteroatoms. The first kappa shape index (κ1) is 24.9. The molecule has 1 aliphatic rings. The van der Waals surface area contributed by atoms with E-state index >= 15 is 0 Å². The number of aliphatic hydroxyl groups excluding tert-OH is 3. The van der Waals surface area contributed by atoms with Gasteiger partial charge < -0.3 is 59.5 Å². The van der Waals surface area contributed by atoms with Gasteiger partial charge in [-0.2, -0.15) is 0 Å². The number of fused-ring (bicyclic) bond motifs is 1.